The molecule has 0 bridgehead atoms. The number of hydrogen-bond donors (Lipinski definition) is 1. The van der Waals surface area contributed by atoms with Crippen LogP contribution in [0, 0.1) is 6.92 Å². The number of rotatable bonds is 5. The maximum Gasteiger partial charge on any atom is 0.0656 e. The molecule has 0 aliphatic rings. The lowest BCUT2D eigenvalue weighted by molar-refractivity contribution is 0.401. The maximum atomic E-state index is 6.05. The van der Waals surface area contributed by atoms with Gasteiger partial charge in [0.15, 0.2) is 0 Å². The second-order valence-corrected chi connectivity index (χ2v) is 5.15. The van der Waals surface area contributed by atoms with E-state index >= 15 is 0 Å². The Morgan fingerprint density at radius 2 is 1.82 bits per heavy atom. The van der Waals surface area contributed by atoms with Gasteiger partial charge in [0.05, 0.1) is 10.7 Å². The standard InChI is InChI=1S/C13H22ClN3/c1-10-8-12(15)11(14)9-13(10)17(4)7-5-6-16(2)3/h8-9H,5-7,15H2,1-4H3. The zero-order valence-electron chi connectivity index (χ0n) is 11.1. The Morgan fingerprint density at radius 3 is 2.41 bits per heavy atom. The third-order valence-electron chi connectivity index (χ3n) is 2.83. The fraction of sp³-hybridized carbons (Fsp3) is 0.538. The van der Waals surface area contributed by atoms with Crippen molar-refractivity contribution in [3.8, 4) is 0 Å². The molecule has 0 spiro atoms. The van der Waals surface area contributed by atoms with Gasteiger partial charge in [-0.05, 0) is 51.7 Å². The summed E-state index contributed by atoms with van der Waals surface area (Å²) in [4.78, 5) is 4.42. The molecule has 3 nitrogen and oxygen atoms in total. The Balaban J connectivity index is 2.68. The summed E-state index contributed by atoms with van der Waals surface area (Å²) in [5.41, 5.74) is 8.74. The predicted molar refractivity (Wildman–Crippen MR) is 77.0 cm³/mol. The van der Waals surface area contributed by atoms with Crippen LogP contribution in [0.5, 0.6) is 0 Å². The molecule has 0 aliphatic carbocycles. The minimum Gasteiger partial charge on any atom is -0.398 e. The molecule has 0 aromatic heterocycles. The third kappa shape index (κ3) is 4.10. The highest BCUT2D eigenvalue weighted by atomic mass is 35.5. The number of nitrogens with zero attached hydrogens (tertiary/aromatic N) is 2. The monoisotopic (exact) mass is 255 g/mol. The van der Waals surface area contributed by atoms with E-state index in [0.717, 1.165) is 25.2 Å². The van der Waals surface area contributed by atoms with Gasteiger partial charge < -0.3 is 15.5 Å². The Bertz CT molecular complexity index is 377. The van der Waals surface area contributed by atoms with E-state index in [9.17, 15) is 0 Å². The predicted octanol–water partition coefficient (Wildman–Crippen LogP) is 2.62. The van der Waals surface area contributed by atoms with Gasteiger partial charge in [-0.3, -0.25) is 0 Å². The SMILES string of the molecule is Cc1cc(N)c(Cl)cc1N(C)CCCN(C)C. The highest BCUT2D eigenvalue weighted by molar-refractivity contribution is 6.33. The number of halogens is 1. The Hall–Kier alpha value is -0.930. The first-order valence-electron chi connectivity index (χ1n) is 5.83. The lowest BCUT2D eigenvalue weighted by Crippen LogP contribution is -2.23. The first-order valence-corrected chi connectivity index (χ1v) is 6.21. The minimum absolute atomic E-state index is 0.630. The minimum atomic E-state index is 0.630. The first-order chi connectivity index (χ1) is 7.91. The molecule has 0 saturated carbocycles. The summed E-state index contributed by atoms with van der Waals surface area (Å²) in [7, 11) is 6.27. The van der Waals surface area contributed by atoms with E-state index in [-0.39, 0.29) is 0 Å². The smallest absolute Gasteiger partial charge is 0.0656 e. The van der Waals surface area contributed by atoms with Gasteiger partial charge in [-0.25, -0.2) is 0 Å². The van der Waals surface area contributed by atoms with Crippen molar-refractivity contribution in [2.45, 2.75) is 13.3 Å². The van der Waals surface area contributed by atoms with Crippen molar-refractivity contribution in [3.63, 3.8) is 0 Å². The molecule has 1 aromatic carbocycles. The summed E-state index contributed by atoms with van der Waals surface area (Å²) in [6.07, 6.45) is 1.13. The summed E-state index contributed by atoms with van der Waals surface area (Å²) >= 11 is 6.05. The van der Waals surface area contributed by atoms with Gasteiger partial charge in [0.25, 0.3) is 0 Å². The molecule has 17 heavy (non-hydrogen) atoms. The molecule has 1 aromatic rings. The summed E-state index contributed by atoms with van der Waals surface area (Å²) in [6.45, 7) is 4.16. The fourth-order valence-electron chi connectivity index (χ4n) is 1.85. The zero-order chi connectivity index (χ0) is 13.0. The molecule has 0 radical (unpaired) electrons. The molecule has 0 unspecified atom stereocenters. The van der Waals surface area contributed by atoms with Gasteiger partial charge in [-0.2, -0.15) is 0 Å². The van der Waals surface area contributed by atoms with Gasteiger partial charge in [0.1, 0.15) is 0 Å². The lowest BCUT2D eigenvalue weighted by atomic mass is 10.1. The summed E-state index contributed by atoms with van der Waals surface area (Å²) in [5.74, 6) is 0. The van der Waals surface area contributed by atoms with Crippen LogP contribution in [0.4, 0.5) is 11.4 Å². The van der Waals surface area contributed by atoms with Gasteiger partial charge in [-0.15, -0.1) is 0 Å². The van der Waals surface area contributed by atoms with Crippen molar-refractivity contribution in [1.29, 1.82) is 0 Å². The molecule has 0 aliphatic heterocycles. The molecular formula is C13H22ClN3. The van der Waals surface area contributed by atoms with Gasteiger partial charge in [0.2, 0.25) is 0 Å². The van der Waals surface area contributed by atoms with E-state index in [4.69, 9.17) is 17.3 Å². The largest absolute Gasteiger partial charge is 0.398 e. The molecular weight excluding hydrogens is 234 g/mol. The van der Waals surface area contributed by atoms with Crippen LogP contribution in [0.2, 0.25) is 5.02 Å². The molecule has 1 rings (SSSR count). The number of nitrogen functional groups attached to an aromatic ring is 1. The maximum absolute atomic E-state index is 6.05. The van der Waals surface area contributed by atoms with Gasteiger partial charge in [0, 0.05) is 19.3 Å². The van der Waals surface area contributed by atoms with Crippen molar-refractivity contribution in [2.75, 3.05) is 44.9 Å². The number of aryl methyl sites for hydroxylation is 1. The highest BCUT2D eigenvalue weighted by Gasteiger charge is 2.07. The first kappa shape index (κ1) is 14.1. The van der Waals surface area contributed by atoms with E-state index in [0.29, 0.717) is 10.7 Å². The molecule has 0 amide bonds. The zero-order valence-corrected chi connectivity index (χ0v) is 11.9. The van der Waals surface area contributed by atoms with Crippen molar-refractivity contribution in [2.24, 2.45) is 0 Å². The fourth-order valence-corrected chi connectivity index (χ4v) is 2.01. The van der Waals surface area contributed by atoms with Crippen LogP contribution in [0.15, 0.2) is 12.1 Å². The Morgan fingerprint density at radius 1 is 1.18 bits per heavy atom. The van der Waals surface area contributed by atoms with Crippen molar-refractivity contribution >= 4 is 23.0 Å². The second-order valence-electron chi connectivity index (χ2n) is 4.74. The van der Waals surface area contributed by atoms with Crippen LogP contribution in [0.25, 0.3) is 0 Å². The van der Waals surface area contributed by atoms with Crippen molar-refractivity contribution < 1.29 is 0 Å². The van der Waals surface area contributed by atoms with Gasteiger partial charge in [-0.1, -0.05) is 11.6 Å². The normalized spacial score (nSPS) is 10.9. The topological polar surface area (TPSA) is 32.5 Å². The number of anilines is 2. The van der Waals surface area contributed by atoms with E-state index < -0.39 is 0 Å². The number of hydrogen-bond acceptors (Lipinski definition) is 3. The molecule has 96 valence electrons. The Kier molecular flexibility index (Phi) is 5.09. The van der Waals surface area contributed by atoms with Crippen LogP contribution < -0.4 is 10.6 Å². The molecule has 0 heterocycles. The molecule has 2 N–H and O–H groups in total. The van der Waals surface area contributed by atoms with E-state index in [1.807, 2.05) is 12.1 Å². The molecule has 0 atom stereocenters. The second kappa shape index (κ2) is 6.12. The quantitative estimate of drug-likeness (QED) is 0.821. The molecule has 4 heteroatoms. The van der Waals surface area contributed by atoms with Crippen LogP contribution in [-0.4, -0.2) is 39.1 Å². The lowest BCUT2D eigenvalue weighted by Gasteiger charge is -2.23. The van der Waals surface area contributed by atoms with E-state index in [1.54, 1.807) is 0 Å². The highest BCUT2D eigenvalue weighted by Crippen LogP contribution is 2.28. The van der Waals surface area contributed by atoms with Gasteiger partial charge >= 0.3 is 0 Å². The third-order valence-corrected chi connectivity index (χ3v) is 3.15. The van der Waals surface area contributed by atoms with Crippen molar-refractivity contribution in [1.82, 2.24) is 4.90 Å². The van der Waals surface area contributed by atoms with Crippen molar-refractivity contribution in [3.05, 3.63) is 22.7 Å². The average Bonchev–Trinajstić information content (AvgIpc) is 2.22. The number of benzene rings is 1. The van der Waals surface area contributed by atoms with Crippen LogP contribution in [-0.2, 0) is 0 Å². The Labute approximate surface area is 109 Å². The summed E-state index contributed by atoms with van der Waals surface area (Å²) < 4.78 is 0. The van der Waals surface area contributed by atoms with Crippen LogP contribution in [0.1, 0.15) is 12.0 Å². The van der Waals surface area contributed by atoms with Crippen LogP contribution in [0.3, 0.4) is 0 Å². The summed E-state index contributed by atoms with van der Waals surface area (Å²) in [6, 6.07) is 3.88. The number of nitrogens with two attached hydrogens (primary N) is 1. The van der Waals surface area contributed by atoms with Crippen LogP contribution >= 0.6 is 11.6 Å². The molecule has 0 fully saturated rings. The average molecular weight is 256 g/mol. The summed E-state index contributed by atoms with van der Waals surface area (Å²) in [5, 5.41) is 0.630. The molecule has 0 saturated heterocycles. The van der Waals surface area contributed by atoms with E-state index in [1.165, 1.54) is 5.56 Å². The van der Waals surface area contributed by atoms with E-state index in [2.05, 4.69) is 37.9 Å².